The summed E-state index contributed by atoms with van der Waals surface area (Å²) in [5.74, 6) is 0. The van der Waals surface area contributed by atoms with E-state index < -0.39 is 10.0 Å². The molecule has 0 bridgehead atoms. The third-order valence-corrected chi connectivity index (χ3v) is 6.29. The normalized spacial score (nSPS) is 11.4. The molecular weight excluding hydrogens is 370 g/mol. The van der Waals surface area contributed by atoms with Crippen molar-refractivity contribution in [1.82, 2.24) is 10.2 Å². The van der Waals surface area contributed by atoms with Crippen LogP contribution in [0.25, 0.3) is 11.3 Å². The summed E-state index contributed by atoms with van der Waals surface area (Å²) in [5.41, 5.74) is 1.99. The van der Waals surface area contributed by atoms with Gasteiger partial charge in [-0.25, -0.2) is 13.5 Å². The number of aromatic amines is 1. The Morgan fingerprint density at radius 3 is 2.67 bits per heavy atom. The third-order valence-electron chi connectivity index (χ3n) is 3.25. The van der Waals surface area contributed by atoms with Crippen molar-refractivity contribution in [1.29, 1.82) is 0 Å². The van der Waals surface area contributed by atoms with E-state index in [1.54, 1.807) is 30.5 Å². The van der Waals surface area contributed by atoms with Gasteiger partial charge >= 0.3 is 0 Å². The molecule has 0 aliphatic rings. The number of benzene rings is 1. The summed E-state index contributed by atoms with van der Waals surface area (Å²) in [6, 6.07) is 9.31. The monoisotopic (exact) mass is 381 g/mol. The maximum atomic E-state index is 12.5. The molecule has 0 fully saturated rings. The van der Waals surface area contributed by atoms with Gasteiger partial charge in [-0.05, 0) is 42.8 Å². The third kappa shape index (κ3) is 3.50. The molecule has 124 valence electrons. The quantitative estimate of drug-likeness (QED) is 0.725. The van der Waals surface area contributed by atoms with Gasteiger partial charge in [0.05, 0.1) is 11.4 Å². The summed E-state index contributed by atoms with van der Waals surface area (Å²) in [6.45, 7) is 1.77. The minimum absolute atomic E-state index is 0.153. The van der Waals surface area contributed by atoms with E-state index in [0.717, 1.165) is 16.9 Å². The highest BCUT2D eigenvalue weighted by Crippen LogP contribution is 2.29. The van der Waals surface area contributed by atoms with Gasteiger partial charge in [0.25, 0.3) is 15.6 Å². The number of thiophene rings is 1. The average molecular weight is 382 g/mol. The summed E-state index contributed by atoms with van der Waals surface area (Å²) in [4.78, 5) is 11.0. The molecule has 2 N–H and O–H groups in total. The molecule has 0 saturated heterocycles. The summed E-state index contributed by atoms with van der Waals surface area (Å²) >= 11 is 6.96. The molecule has 2 heterocycles. The van der Waals surface area contributed by atoms with Crippen LogP contribution in [0.2, 0.25) is 5.02 Å². The Morgan fingerprint density at radius 1 is 1.21 bits per heavy atom. The predicted molar refractivity (Wildman–Crippen MR) is 95.2 cm³/mol. The number of aryl methyl sites for hydroxylation is 1. The van der Waals surface area contributed by atoms with Crippen molar-refractivity contribution in [3.63, 3.8) is 0 Å². The van der Waals surface area contributed by atoms with Crippen LogP contribution in [0.4, 0.5) is 5.69 Å². The summed E-state index contributed by atoms with van der Waals surface area (Å²) in [6.07, 6.45) is 0. The molecule has 6 nitrogen and oxygen atoms in total. The number of sulfonamides is 1. The zero-order valence-corrected chi connectivity index (χ0v) is 14.8. The van der Waals surface area contributed by atoms with E-state index in [0.29, 0.717) is 22.0 Å². The number of H-pyrrole nitrogens is 1. The average Bonchev–Trinajstić information content (AvgIpc) is 3.02. The summed E-state index contributed by atoms with van der Waals surface area (Å²) in [5, 5.41) is 8.42. The Bertz CT molecular complexity index is 1040. The summed E-state index contributed by atoms with van der Waals surface area (Å²) < 4.78 is 27.8. The number of nitrogens with one attached hydrogen (secondary N) is 2. The number of aromatic nitrogens is 2. The van der Waals surface area contributed by atoms with Crippen LogP contribution in [0.5, 0.6) is 0 Å². The molecule has 3 aromatic rings. The van der Waals surface area contributed by atoms with Crippen LogP contribution in [-0.4, -0.2) is 18.6 Å². The number of hydrogen-bond acceptors (Lipinski definition) is 5. The van der Waals surface area contributed by atoms with Gasteiger partial charge in [-0.15, -0.1) is 11.3 Å². The highest BCUT2D eigenvalue weighted by Gasteiger charge is 2.18. The van der Waals surface area contributed by atoms with Gasteiger partial charge in [0.1, 0.15) is 4.21 Å². The largest absolute Gasteiger partial charge is 0.279 e. The molecular formula is C15H12ClN3O3S2. The van der Waals surface area contributed by atoms with Crippen molar-refractivity contribution in [2.24, 2.45) is 0 Å². The second-order valence-electron chi connectivity index (χ2n) is 5.03. The Balaban J connectivity index is 1.90. The molecule has 2 aromatic heterocycles. The first-order chi connectivity index (χ1) is 11.3. The van der Waals surface area contributed by atoms with Gasteiger partial charge < -0.3 is 0 Å². The molecule has 1 aromatic carbocycles. The van der Waals surface area contributed by atoms with E-state index in [1.165, 1.54) is 18.2 Å². The SMILES string of the molecule is Cc1cc(Cl)ccc1NS(=O)(=O)c1cc(-c2ccc(=O)[nH]n2)cs1. The van der Waals surface area contributed by atoms with Crippen molar-refractivity contribution in [3.8, 4) is 11.3 Å². The smallest absolute Gasteiger partial charge is 0.271 e. The van der Waals surface area contributed by atoms with Crippen molar-refractivity contribution < 1.29 is 8.42 Å². The van der Waals surface area contributed by atoms with Crippen molar-refractivity contribution >= 4 is 38.6 Å². The molecule has 0 atom stereocenters. The molecule has 0 spiro atoms. The first-order valence-corrected chi connectivity index (χ1v) is 9.53. The van der Waals surface area contributed by atoms with Crippen molar-refractivity contribution in [2.75, 3.05) is 4.72 Å². The second kappa shape index (κ2) is 6.39. The topological polar surface area (TPSA) is 91.9 Å². The first kappa shape index (κ1) is 16.7. The van der Waals surface area contributed by atoms with Crippen LogP contribution in [-0.2, 0) is 10.0 Å². The predicted octanol–water partition coefficient (Wildman–Crippen LogP) is 3.26. The molecule has 0 unspecified atom stereocenters. The van der Waals surface area contributed by atoms with E-state index in [2.05, 4.69) is 14.9 Å². The van der Waals surface area contributed by atoms with Crippen LogP contribution in [0.15, 0.2) is 50.8 Å². The van der Waals surface area contributed by atoms with E-state index in [9.17, 15) is 13.2 Å². The van der Waals surface area contributed by atoms with Crippen LogP contribution >= 0.6 is 22.9 Å². The van der Waals surface area contributed by atoms with Gasteiger partial charge in [0.15, 0.2) is 0 Å². The van der Waals surface area contributed by atoms with Crippen LogP contribution in [0.3, 0.4) is 0 Å². The molecule has 0 radical (unpaired) electrons. The van der Waals surface area contributed by atoms with Crippen molar-refractivity contribution in [3.05, 3.63) is 62.7 Å². The molecule has 9 heteroatoms. The van der Waals surface area contributed by atoms with E-state index in [4.69, 9.17) is 11.6 Å². The molecule has 0 aliphatic heterocycles. The van der Waals surface area contributed by atoms with E-state index in [-0.39, 0.29) is 9.77 Å². The highest BCUT2D eigenvalue weighted by atomic mass is 35.5. The maximum absolute atomic E-state index is 12.5. The Labute approximate surface area is 147 Å². The van der Waals surface area contributed by atoms with E-state index >= 15 is 0 Å². The molecule has 0 amide bonds. The lowest BCUT2D eigenvalue weighted by molar-refractivity contribution is 0.603. The molecule has 0 aliphatic carbocycles. The van der Waals surface area contributed by atoms with Gasteiger partial charge in [-0.2, -0.15) is 5.10 Å². The zero-order chi connectivity index (χ0) is 17.3. The molecule has 3 rings (SSSR count). The van der Waals surface area contributed by atoms with Crippen LogP contribution in [0.1, 0.15) is 5.56 Å². The maximum Gasteiger partial charge on any atom is 0.271 e. The zero-order valence-electron chi connectivity index (χ0n) is 12.4. The summed E-state index contributed by atoms with van der Waals surface area (Å²) in [7, 11) is -3.72. The Hall–Kier alpha value is -2.16. The van der Waals surface area contributed by atoms with Gasteiger partial charge in [-0.3, -0.25) is 9.52 Å². The fourth-order valence-electron chi connectivity index (χ4n) is 2.03. The number of nitrogens with zero attached hydrogens (tertiary/aromatic N) is 1. The minimum atomic E-state index is -3.72. The van der Waals surface area contributed by atoms with Gasteiger partial charge in [0, 0.05) is 22.0 Å². The van der Waals surface area contributed by atoms with E-state index in [1.807, 2.05) is 0 Å². The lowest BCUT2D eigenvalue weighted by Gasteiger charge is -2.09. The minimum Gasteiger partial charge on any atom is -0.279 e. The lowest BCUT2D eigenvalue weighted by Crippen LogP contribution is -2.12. The van der Waals surface area contributed by atoms with Crippen molar-refractivity contribution in [2.45, 2.75) is 11.1 Å². The Kier molecular flexibility index (Phi) is 4.44. The van der Waals surface area contributed by atoms with Gasteiger partial charge in [0.2, 0.25) is 0 Å². The fraction of sp³-hybridized carbons (Fsp3) is 0.0667. The van der Waals surface area contributed by atoms with Crippen LogP contribution in [0, 0.1) is 6.92 Å². The lowest BCUT2D eigenvalue weighted by atomic mass is 10.2. The molecule has 24 heavy (non-hydrogen) atoms. The van der Waals surface area contributed by atoms with Gasteiger partial charge in [-0.1, -0.05) is 11.6 Å². The fourth-order valence-corrected chi connectivity index (χ4v) is 4.56. The van der Waals surface area contributed by atoms with Crippen LogP contribution < -0.4 is 10.3 Å². The first-order valence-electron chi connectivity index (χ1n) is 6.79. The molecule has 0 saturated carbocycles. The standard InChI is InChI=1S/C15H12ClN3O3S2/c1-9-6-11(16)2-3-12(9)19-24(21,22)15-7-10(8-23-15)13-4-5-14(20)18-17-13/h2-8,19H,1H3,(H,18,20). The number of rotatable bonds is 4. The second-order valence-corrected chi connectivity index (χ2v) is 8.28. The number of anilines is 1. The highest BCUT2D eigenvalue weighted by molar-refractivity contribution is 7.94. The number of halogens is 1. The number of hydrogen-bond donors (Lipinski definition) is 2. The Morgan fingerprint density at radius 2 is 2.00 bits per heavy atom.